The van der Waals surface area contributed by atoms with Crippen LogP contribution in [0.15, 0.2) is 35.2 Å². The molecule has 0 saturated heterocycles. The predicted molar refractivity (Wildman–Crippen MR) is 78.0 cm³/mol. The molecule has 0 saturated carbocycles. The van der Waals surface area contributed by atoms with Crippen LogP contribution >= 0.6 is 23.1 Å². The van der Waals surface area contributed by atoms with Gasteiger partial charge in [-0.15, -0.1) is 22.0 Å². The molecule has 1 N–H and O–H groups in total. The summed E-state index contributed by atoms with van der Waals surface area (Å²) in [6.45, 7) is 5.18. The molecule has 1 unspecified atom stereocenters. The molecule has 0 amide bonds. The molecule has 0 fully saturated rings. The van der Waals surface area contributed by atoms with Crippen molar-refractivity contribution in [2.75, 3.05) is 6.54 Å². The smallest absolute Gasteiger partial charge is 0.134 e. The standard InChI is InChI=1S/C13H17N3S2/c1-3-14-10(2)13-16-15-12(18-13)9-17-11-7-5-4-6-8-11/h4-8,10,14H,3,9H2,1-2H3. The van der Waals surface area contributed by atoms with Crippen molar-refractivity contribution in [3.05, 3.63) is 40.3 Å². The van der Waals surface area contributed by atoms with Crippen LogP contribution in [-0.2, 0) is 5.75 Å². The fraction of sp³-hybridized carbons (Fsp3) is 0.385. The Bertz CT molecular complexity index is 470. The minimum absolute atomic E-state index is 0.294. The number of rotatable bonds is 6. The van der Waals surface area contributed by atoms with Gasteiger partial charge in [0.2, 0.25) is 0 Å². The van der Waals surface area contributed by atoms with E-state index >= 15 is 0 Å². The second kappa shape index (κ2) is 6.87. The van der Waals surface area contributed by atoms with Crippen molar-refractivity contribution in [1.82, 2.24) is 15.5 Å². The van der Waals surface area contributed by atoms with Crippen molar-refractivity contribution in [3.63, 3.8) is 0 Å². The average Bonchev–Trinajstić information content (AvgIpc) is 2.87. The first kappa shape index (κ1) is 13.5. The third kappa shape index (κ3) is 3.80. The van der Waals surface area contributed by atoms with Gasteiger partial charge in [-0.1, -0.05) is 36.5 Å². The average molecular weight is 279 g/mol. The van der Waals surface area contributed by atoms with Gasteiger partial charge >= 0.3 is 0 Å². The lowest BCUT2D eigenvalue weighted by Gasteiger charge is -2.06. The first-order chi connectivity index (χ1) is 8.79. The molecule has 0 spiro atoms. The zero-order chi connectivity index (χ0) is 12.8. The summed E-state index contributed by atoms with van der Waals surface area (Å²) < 4.78 is 0. The maximum atomic E-state index is 4.24. The van der Waals surface area contributed by atoms with Crippen molar-refractivity contribution < 1.29 is 0 Å². The van der Waals surface area contributed by atoms with Gasteiger partial charge in [-0.25, -0.2) is 0 Å². The lowest BCUT2D eigenvalue weighted by atomic mass is 10.3. The van der Waals surface area contributed by atoms with Crippen LogP contribution in [0.25, 0.3) is 0 Å². The van der Waals surface area contributed by atoms with E-state index in [2.05, 4.69) is 53.6 Å². The van der Waals surface area contributed by atoms with E-state index in [9.17, 15) is 0 Å². The summed E-state index contributed by atoms with van der Waals surface area (Å²) in [5.74, 6) is 0.889. The molecular weight excluding hydrogens is 262 g/mol. The molecule has 0 bridgehead atoms. The fourth-order valence-corrected chi connectivity index (χ4v) is 3.33. The number of hydrogen-bond acceptors (Lipinski definition) is 5. The first-order valence-corrected chi connectivity index (χ1v) is 7.83. The SMILES string of the molecule is CCNC(C)c1nnc(CSc2ccccc2)s1. The second-order valence-corrected chi connectivity index (χ2v) is 6.06. The molecule has 1 heterocycles. The monoisotopic (exact) mass is 279 g/mol. The topological polar surface area (TPSA) is 37.8 Å². The van der Waals surface area contributed by atoms with Gasteiger partial charge in [-0.2, -0.15) is 0 Å². The molecule has 18 heavy (non-hydrogen) atoms. The van der Waals surface area contributed by atoms with Crippen molar-refractivity contribution in [2.45, 2.75) is 30.5 Å². The highest BCUT2D eigenvalue weighted by Gasteiger charge is 2.10. The van der Waals surface area contributed by atoms with Gasteiger partial charge in [0.25, 0.3) is 0 Å². The molecule has 1 aromatic carbocycles. The number of nitrogens with zero attached hydrogens (tertiary/aromatic N) is 2. The van der Waals surface area contributed by atoms with Crippen molar-refractivity contribution in [3.8, 4) is 0 Å². The highest BCUT2D eigenvalue weighted by Crippen LogP contribution is 2.25. The van der Waals surface area contributed by atoms with Gasteiger partial charge in [0, 0.05) is 4.90 Å². The fourth-order valence-electron chi connectivity index (χ4n) is 1.56. The number of aromatic nitrogens is 2. The Hall–Kier alpha value is -0.910. The number of thioether (sulfide) groups is 1. The van der Waals surface area contributed by atoms with Crippen LogP contribution in [0.1, 0.15) is 29.9 Å². The highest BCUT2D eigenvalue weighted by atomic mass is 32.2. The van der Waals surface area contributed by atoms with Crippen LogP contribution in [0.4, 0.5) is 0 Å². The first-order valence-electron chi connectivity index (χ1n) is 6.03. The summed E-state index contributed by atoms with van der Waals surface area (Å²) in [5, 5.41) is 14.0. The molecular formula is C13H17N3S2. The largest absolute Gasteiger partial charge is 0.308 e. The Kier molecular flexibility index (Phi) is 5.16. The maximum absolute atomic E-state index is 4.24. The summed E-state index contributed by atoms with van der Waals surface area (Å²) in [6, 6.07) is 10.7. The van der Waals surface area contributed by atoms with Crippen LogP contribution in [0.3, 0.4) is 0 Å². The molecule has 0 aliphatic rings. The van der Waals surface area contributed by atoms with E-state index in [0.29, 0.717) is 6.04 Å². The van der Waals surface area contributed by atoms with E-state index < -0.39 is 0 Å². The third-order valence-corrected chi connectivity index (χ3v) is 4.78. The summed E-state index contributed by atoms with van der Waals surface area (Å²) in [7, 11) is 0. The lowest BCUT2D eigenvalue weighted by molar-refractivity contribution is 0.589. The van der Waals surface area contributed by atoms with Gasteiger partial charge in [-0.3, -0.25) is 0 Å². The Morgan fingerprint density at radius 2 is 2.06 bits per heavy atom. The molecule has 0 aliphatic carbocycles. The predicted octanol–water partition coefficient (Wildman–Crippen LogP) is 3.50. The summed E-state index contributed by atoms with van der Waals surface area (Å²) in [5.41, 5.74) is 0. The number of benzene rings is 1. The normalized spacial score (nSPS) is 12.6. The van der Waals surface area contributed by atoms with Gasteiger partial charge in [0.05, 0.1) is 11.8 Å². The Morgan fingerprint density at radius 1 is 1.28 bits per heavy atom. The van der Waals surface area contributed by atoms with Gasteiger partial charge in [0.1, 0.15) is 10.0 Å². The molecule has 1 aromatic heterocycles. The Labute approximate surface area is 116 Å². The Morgan fingerprint density at radius 3 is 2.78 bits per heavy atom. The third-order valence-electron chi connectivity index (χ3n) is 2.47. The van der Waals surface area contributed by atoms with Crippen LogP contribution in [0, 0.1) is 0 Å². The van der Waals surface area contributed by atoms with Gasteiger partial charge < -0.3 is 5.32 Å². The lowest BCUT2D eigenvalue weighted by Crippen LogP contribution is -2.17. The van der Waals surface area contributed by atoms with Gasteiger partial charge in [-0.05, 0) is 25.6 Å². The van der Waals surface area contributed by atoms with E-state index in [1.54, 1.807) is 23.1 Å². The summed E-state index contributed by atoms with van der Waals surface area (Å²) in [6.07, 6.45) is 0. The number of nitrogens with one attached hydrogen (secondary N) is 1. The van der Waals surface area contributed by atoms with E-state index in [1.165, 1.54) is 4.90 Å². The van der Waals surface area contributed by atoms with E-state index in [0.717, 1.165) is 22.3 Å². The van der Waals surface area contributed by atoms with Crippen LogP contribution < -0.4 is 5.32 Å². The van der Waals surface area contributed by atoms with Crippen LogP contribution in [-0.4, -0.2) is 16.7 Å². The van der Waals surface area contributed by atoms with Crippen LogP contribution in [0.2, 0.25) is 0 Å². The molecule has 96 valence electrons. The molecule has 1 atom stereocenters. The molecule has 3 nitrogen and oxygen atoms in total. The van der Waals surface area contributed by atoms with Crippen molar-refractivity contribution in [2.24, 2.45) is 0 Å². The summed E-state index contributed by atoms with van der Waals surface area (Å²) >= 11 is 3.49. The minimum atomic E-state index is 0.294. The molecule has 2 rings (SSSR count). The van der Waals surface area contributed by atoms with Crippen molar-refractivity contribution >= 4 is 23.1 Å². The van der Waals surface area contributed by atoms with E-state index in [4.69, 9.17) is 0 Å². The molecule has 0 radical (unpaired) electrons. The summed E-state index contributed by atoms with van der Waals surface area (Å²) in [4.78, 5) is 1.27. The Balaban J connectivity index is 1.91. The maximum Gasteiger partial charge on any atom is 0.134 e. The van der Waals surface area contributed by atoms with E-state index in [1.807, 2.05) is 6.07 Å². The highest BCUT2D eigenvalue weighted by molar-refractivity contribution is 7.98. The zero-order valence-electron chi connectivity index (χ0n) is 10.6. The minimum Gasteiger partial charge on any atom is -0.308 e. The van der Waals surface area contributed by atoms with E-state index in [-0.39, 0.29) is 0 Å². The molecule has 2 aromatic rings. The van der Waals surface area contributed by atoms with Gasteiger partial charge in [0.15, 0.2) is 0 Å². The molecule has 5 heteroatoms. The quantitative estimate of drug-likeness (QED) is 0.821. The van der Waals surface area contributed by atoms with Crippen LogP contribution in [0.5, 0.6) is 0 Å². The van der Waals surface area contributed by atoms with Crippen molar-refractivity contribution in [1.29, 1.82) is 0 Å². The zero-order valence-corrected chi connectivity index (χ0v) is 12.2. The number of hydrogen-bond donors (Lipinski definition) is 1. The molecule has 0 aliphatic heterocycles. The second-order valence-electron chi connectivity index (χ2n) is 3.92.